The quantitative estimate of drug-likeness (QED) is 0.348. The summed E-state index contributed by atoms with van der Waals surface area (Å²) >= 11 is 12.3. The maximum atomic E-state index is 5.92. The first-order chi connectivity index (χ1) is 10.1. The molecule has 118 valence electrons. The second kappa shape index (κ2) is 10.5. The molecule has 0 aliphatic carbocycles. The number of aryl methyl sites for hydroxylation is 2. The Bertz CT molecular complexity index is 472. The second-order valence-corrected chi connectivity index (χ2v) is 7.78. The Hall–Kier alpha value is -0.190. The van der Waals surface area contributed by atoms with Gasteiger partial charge in [0.25, 0.3) is 0 Å². The maximum absolute atomic E-state index is 5.92. The molecule has 0 bridgehead atoms. The molecule has 0 fully saturated rings. The van der Waals surface area contributed by atoms with Crippen LogP contribution in [-0.2, 0) is 6.42 Å². The molecule has 0 saturated heterocycles. The highest BCUT2D eigenvalue weighted by Crippen LogP contribution is 2.30. The minimum absolute atomic E-state index is 0.518. The van der Waals surface area contributed by atoms with E-state index in [1.54, 1.807) is 0 Å². The van der Waals surface area contributed by atoms with Gasteiger partial charge in [-0.2, -0.15) is 0 Å². The summed E-state index contributed by atoms with van der Waals surface area (Å²) in [5.74, 6) is 2.54. The summed E-state index contributed by atoms with van der Waals surface area (Å²) in [5.41, 5.74) is 2.29. The normalized spacial score (nSPS) is 10.3. The van der Waals surface area contributed by atoms with Crippen molar-refractivity contribution < 1.29 is 9.47 Å². The minimum Gasteiger partial charge on any atom is -0.493 e. The van der Waals surface area contributed by atoms with E-state index in [-0.39, 0.29) is 0 Å². The monoisotopic (exact) mass is 438 g/mol. The van der Waals surface area contributed by atoms with Crippen LogP contribution in [0, 0.1) is 6.92 Å². The van der Waals surface area contributed by atoms with Gasteiger partial charge >= 0.3 is 0 Å². The van der Waals surface area contributed by atoms with Crippen molar-refractivity contribution in [3.8, 4) is 11.5 Å². The Balaban J connectivity index is 2.74. The van der Waals surface area contributed by atoms with Crippen LogP contribution in [0.1, 0.15) is 30.9 Å². The van der Waals surface area contributed by atoms with Gasteiger partial charge in [-0.25, -0.2) is 0 Å². The molecule has 0 heterocycles. The fraction of sp³-hybridized carbons (Fsp3) is 0.500. The molecule has 0 aromatic heterocycles. The molecule has 0 atom stereocenters. The van der Waals surface area contributed by atoms with Crippen molar-refractivity contribution >= 4 is 43.5 Å². The van der Waals surface area contributed by atoms with Gasteiger partial charge in [0.05, 0.1) is 10.00 Å². The lowest BCUT2D eigenvalue weighted by molar-refractivity contribution is 0.303. The average Bonchev–Trinajstić information content (AvgIpc) is 2.44. The molecule has 5 heteroatoms. The van der Waals surface area contributed by atoms with Gasteiger partial charge in [0.2, 0.25) is 0 Å². The fourth-order valence-electron chi connectivity index (χ4n) is 1.94. The van der Waals surface area contributed by atoms with Crippen LogP contribution in [0.4, 0.5) is 0 Å². The van der Waals surface area contributed by atoms with E-state index >= 15 is 0 Å². The summed E-state index contributed by atoms with van der Waals surface area (Å²) in [5, 5.41) is 0. The van der Waals surface area contributed by atoms with E-state index in [4.69, 9.17) is 21.1 Å². The van der Waals surface area contributed by atoms with E-state index in [0.29, 0.717) is 19.1 Å². The van der Waals surface area contributed by atoms with Crippen LogP contribution in [0.15, 0.2) is 21.6 Å². The summed E-state index contributed by atoms with van der Waals surface area (Å²) in [7, 11) is 0. The lowest BCUT2D eigenvalue weighted by Crippen LogP contribution is -2.03. The first-order valence-corrected chi connectivity index (χ1v) is 9.16. The second-order valence-electron chi connectivity index (χ2n) is 4.63. The molecule has 0 radical (unpaired) electrons. The smallest absolute Gasteiger partial charge is 0.125 e. The van der Waals surface area contributed by atoms with Crippen LogP contribution in [0.3, 0.4) is 0 Å². The molecule has 1 rings (SSSR count). The Kier molecular flexibility index (Phi) is 9.45. The maximum Gasteiger partial charge on any atom is 0.125 e. The van der Waals surface area contributed by atoms with Crippen molar-refractivity contribution in [1.29, 1.82) is 0 Å². The van der Waals surface area contributed by atoms with E-state index in [0.717, 1.165) is 39.7 Å². The molecular formula is C16H21Br2ClO2. The van der Waals surface area contributed by atoms with Crippen LogP contribution < -0.4 is 9.47 Å². The summed E-state index contributed by atoms with van der Waals surface area (Å²) in [4.78, 5) is 0. The number of halogens is 3. The van der Waals surface area contributed by atoms with Crippen LogP contribution >= 0.6 is 43.5 Å². The predicted molar refractivity (Wildman–Crippen MR) is 97.4 cm³/mol. The molecule has 0 amide bonds. The number of rotatable bonds is 9. The zero-order valence-corrected chi connectivity index (χ0v) is 16.4. The van der Waals surface area contributed by atoms with Gasteiger partial charge in [0.15, 0.2) is 0 Å². The third kappa shape index (κ3) is 7.07. The first-order valence-electron chi connectivity index (χ1n) is 7.04. The molecule has 0 unspecified atom stereocenters. The molecule has 1 aromatic rings. The van der Waals surface area contributed by atoms with Gasteiger partial charge < -0.3 is 9.47 Å². The largest absolute Gasteiger partial charge is 0.493 e. The van der Waals surface area contributed by atoms with E-state index in [2.05, 4.69) is 51.8 Å². The topological polar surface area (TPSA) is 18.5 Å². The highest BCUT2D eigenvalue weighted by atomic mass is 79.9. The molecule has 0 aliphatic rings. The van der Waals surface area contributed by atoms with E-state index in [9.17, 15) is 0 Å². The Morgan fingerprint density at radius 3 is 2.62 bits per heavy atom. The van der Waals surface area contributed by atoms with Crippen LogP contribution in [-0.4, -0.2) is 19.1 Å². The number of alkyl halides is 1. The number of hydrogen-bond donors (Lipinski definition) is 0. The van der Waals surface area contributed by atoms with Gasteiger partial charge in [-0.3, -0.25) is 0 Å². The molecule has 21 heavy (non-hydrogen) atoms. The van der Waals surface area contributed by atoms with E-state index in [1.807, 2.05) is 12.1 Å². The molecule has 2 nitrogen and oxygen atoms in total. The zero-order valence-electron chi connectivity index (χ0n) is 12.4. The number of hydrogen-bond acceptors (Lipinski definition) is 2. The summed E-state index contributed by atoms with van der Waals surface area (Å²) in [6, 6.07) is 4.08. The van der Waals surface area contributed by atoms with Crippen LogP contribution in [0.2, 0.25) is 0 Å². The standard InChI is InChI=1S/C16H21Br2ClO2/c1-3-13-11-14(20-9-6-15(17)18)10-12(2)16(13)21-8-5-4-7-19/h6,10-11H,3-5,7-9H2,1-2H3. The Morgan fingerprint density at radius 1 is 1.24 bits per heavy atom. The molecule has 0 N–H and O–H groups in total. The van der Waals surface area contributed by atoms with Crippen molar-refractivity contribution in [1.82, 2.24) is 0 Å². The summed E-state index contributed by atoms with van der Waals surface area (Å²) in [6.45, 7) is 5.41. The van der Waals surface area contributed by atoms with Gasteiger partial charge in [0, 0.05) is 5.88 Å². The first kappa shape index (κ1) is 18.9. The molecule has 1 aromatic carbocycles. The van der Waals surface area contributed by atoms with Crippen LogP contribution in [0.25, 0.3) is 0 Å². The van der Waals surface area contributed by atoms with Crippen molar-refractivity contribution in [3.63, 3.8) is 0 Å². The van der Waals surface area contributed by atoms with Gasteiger partial charge in [-0.15, -0.1) is 11.6 Å². The fourth-order valence-corrected chi connectivity index (χ4v) is 2.39. The summed E-state index contributed by atoms with van der Waals surface area (Å²) < 4.78 is 12.5. The summed E-state index contributed by atoms with van der Waals surface area (Å²) in [6.07, 6.45) is 4.80. The van der Waals surface area contributed by atoms with Crippen molar-refractivity contribution in [2.45, 2.75) is 33.1 Å². The number of benzene rings is 1. The third-order valence-corrected chi connectivity index (χ3v) is 3.88. The van der Waals surface area contributed by atoms with E-state index in [1.165, 1.54) is 5.56 Å². The van der Waals surface area contributed by atoms with Gasteiger partial charge in [-0.05, 0) is 87.4 Å². The van der Waals surface area contributed by atoms with Crippen molar-refractivity contribution in [2.24, 2.45) is 0 Å². The zero-order chi connectivity index (χ0) is 15.7. The van der Waals surface area contributed by atoms with E-state index < -0.39 is 0 Å². The molecule has 0 aliphatic heterocycles. The third-order valence-electron chi connectivity index (χ3n) is 2.97. The molecular weight excluding hydrogens is 419 g/mol. The molecule has 0 spiro atoms. The van der Waals surface area contributed by atoms with Crippen molar-refractivity contribution in [3.05, 3.63) is 32.7 Å². The SMILES string of the molecule is CCc1cc(OCC=C(Br)Br)cc(C)c1OCCCCCl. The Morgan fingerprint density at radius 2 is 2.00 bits per heavy atom. The van der Waals surface area contributed by atoms with Gasteiger partial charge in [-0.1, -0.05) is 6.92 Å². The lowest BCUT2D eigenvalue weighted by Gasteiger charge is -2.15. The van der Waals surface area contributed by atoms with Crippen molar-refractivity contribution in [2.75, 3.05) is 19.1 Å². The number of ether oxygens (including phenoxy) is 2. The molecule has 0 saturated carbocycles. The number of unbranched alkanes of at least 4 members (excludes halogenated alkanes) is 1. The highest BCUT2D eigenvalue weighted by molar-refractivity contribution is 9.28. The minimum atomic E-state index is 0.518. The highest BCUT2D eigenvalue weighted by Gasteiger charge is 2.09. The average molecular weight is 441 g/mol. The lowest BCUT2D eigenvalue weighted by atomic mass is 10.1. The van der Waals surface area contributed by atoms with Gasteiger partial charge in [0.1, 0.15) is 18.1 Å². The van der Waals surface area contributed by atoms with Crippen LogP contribution in [0.5, 0.6) is 11.5 Å². The predicted octanol–water partition coefficient (Wildman–Crippen LogP) is 5.97. The Labute approximate surface area is 149 Å².